The zero-order valence-electron chi connectivity index (χ0n) is 18.4. The normalized spacial score (nSPS) is 9.40. The van der Waals surface area contributed by atoms with Crippen LogP contribution in [0.25, 0.3) is 0 Å². The third-order valence-electron chi connectivity index (χ3n) is 2.75. The lowest BCUT2D eigenvalue weighted by Gasteiger charge is -2.17. The quantitative estimate of drug-likeness (QED) is 0.360. The van der Waals surface area contributed by atoms with Gasteiger partial charge in [0.1, 0.15) is 0 Å². The standard InChI is InChI=1S/C11H25N.C3H6.2C2H6.CH2O2.CH4O.CH4/c1-5-7-11(12-4)9-8-10(3)6-2;1-3-2;2*1-2;2-1-3;1-2;/h10-12H,5-9H2,1-4H3;3H,1H2,2H3;2*1-2H3;1H,(H,2,3);2H,1H3;1H4. The third-order valence-corrected chi connectivity index (χ3v) is 2.75. The second kappa shape index (κ2) is 65.7. The molecular weight excluding hydrogens is 314 g/mol. The number of carbonyl (C=O) groups is 1. The van der Waals surface area contributed by atoms with E-state index in [4.69, 9.17) is 15.0 Å². The lowest BCUT2D eigenvalue weighted by atomic mass is 9.97. The first-order valence-electron chi connectivity index (χ1n) is 9.34. The molecule has 0 aromatic rings. The van der Waals surface area contributed by atoms with Gasteiger partial charge in [-0.15, -0.1) is 6.58 Å². The molecule has 4 nitrogen and oxygen atoms in total. The fourth-order valence-corrected chi connectivity index (χ4v) is 1.47. The van der Waals surface area contributed by atoms with Crippen molar-refractivity contribution in [1.29, 1.82) is 0 Å². The van der Waals surface area contributed by atoms with Gasteiger partial charge in [-0.2, -0.15) is 0 Å². The van der Waals surface area contributed by atoms with E-state index >= 15 is 0 Å². The summed E-state index contributed by atoms with van der Waals surface area (Å²) in [5.74, 6) is 0.901. The smallest absolute Gasteiger partial charge is 0.290 e. The van der Waals surface area contributed by atoms with E-state index in [-0.39, 0.29) is 13.9 Å². The number of aliphatic hydroxyl groups excluding tert-OH is 1. The molecule has 0 heterocycles. The molecule has 0 saturated heterocycles. The minimum Gasteiger partial charge on any atom is -0.483 e. The number of hydrogen-bond donors (Lipinski definition) is 3. The van der Waals surface area contributed by atoms with Crippen molar-refractivity contribution in [2.45, 2.75) is 101 Å². The van der Waals surface area contributed by atoms with Crippen molar-refractivity contribution >= 4 is 6.47 Å². The predicted molar refractivity (Wildman–Crippen MR) is 119 cm³/mol. The Morgan fingerprint density at radius 2 is 1.36 bits per heavy atom. The van der Waals surface area contributed by atoms with Gasteiger partial charge >= 0.3 is 0 Å². The Morgan fingerprint density at radius 3 is 1.56 bits per heavy atom. The zero-order chi connectivity index (χ0) is 20.8. The number of nitrogens with one attached hydrogen (secondary N) is 1. The fraction of sp³-hybridized carbons (Fsp3) is 0.857. The van der Waals surface area contributed by atoms with E-state index in [1.807, 2.05) is 34.6 Å². The Labute approximate surface area is 161 Å². The molecule has 2 atom stereocenters. The van der Waals surface area contributed by atoms with E-state index in [9.17, 15) is 0 Å². The van der Waals surface area contributed by atoms with Gasteiger partial charge in [-0.3, -0.25) is 4.79 Å². The van der Waals surface area contributed by atoms with E-state index in [1.165, 1.54) is 32.1 Å². The first-order chi connectivity index (χ1) is 11.6. The average molecular weight is 368 g/mol. The van der Waals surface area contributed by atoms with Gasteiger partial charge < -0.3 is 15.5 Å². The summed E-state index contributed by atoms with van der Waals surface area (Å²) in [6, 6.07) is 0.754. The van der Waals surface area contributed by atoms with Crippen LogP contribution in [0.4, 0.5) is 0 Å². The molecule has 0 saturated carbocycles. The highest BCUT2D eigenvalue weighted by Crippen LogP contribution is 2.13. The van der Waals surface area contributed by atoms with Crippen LogP contribution in [0.1, 0.15) is 94.9 Å². The first kappa shape index (κ1) is 44.0. The Morgan fingerprint density at radius 1 is 1.04 bits per heavy atom. The van der Waals surface area contributed by atoms with E-state index < -0.39 is 0 Å². The summed E-state index contributed by atoms with van der Waals surface area (Å²) in [4.78, 5) is 8.36. The second-order valence-corrected chi connectivity index (χ2v) is 4.38. The summed E-state index contributed by atoms with van der Waals surface area (Å²) >= 11 is 0. The molecule has 0 aromatic carbocycles. The van der Waals surface area contributed by atoms with E-state index in [1.54, 1.807) is 6.08 Å². The lowest BCUT2D eigenvalue weighted by molar-refractivity contribution is -0.122. The number of allylic oxidation sites excluding steroid dienone is 1. The molecule has 3 N–H and O–H groups in total. The Hall–Kier alpha value is -0.870. The van der Waals surface area contributed by atoms with Gasteiger partial charge in [0.2, 0.25) is 0 Å². The molecule has 0 rings (SSSR count). The van der Waals surface area contributed by atoms with Crippen LogP contribution in [-0.2, 0) is 4.79 Å². The molecule has 0 aromatic heterocycles. The molecule has 2 unspecified atom stereocenters. The van der Waals surface area contributed by atoms with Gasteiger partial charge in [0.05, 0.1) is 0 Å². The molecule has 0 aliphatic heterocycles. The summed E-state index contributed by atoms with van der Waals surface area (Å²) in [5, 5.41) is 17.3. The van der Waals surface area contributed by atoms with Crippen LogP contribution in [-0.4, -0.2) is 36.9 Å². The molecule has 0 amide bonds. The van der Waals surface area contributed by atoms with Crippen LogP contribution in [0.2, 0.25) is 0 Å². The third kappa shape index (κ3) is 83.4. The van der Waals surface area contributed by atoms with E-state index in [0.717, 1.165) is 19.1 Å². The first-order valence-corrected chi connectivity index (χ1v) is 9.34. The van der Waals surface area contributed by atoms with E-state index in [2.05, 4.69) is 39.7 Å². The van der Waals surface area contributed by atoms with Crippen LogP contribution in [0.3, 0.4) is 0 Å². The van der Waals surface area contributed by atoms with Crippen molar-refractivity contribution < 1.29 is 15.0 Å². The van der Waals surface area contributed by atoms with Crippen LogP contribution in [0.15, 0.2) is 12.7 Å². The monoisotopic (exact) mass is 367 g/mol. The summed E-state index contributed by atoms with van der Waals surface area (Å²) in [6.07, 6.45) is 8.42. The molecule has 0 radical (unpaired) electrons. The minimum atomic E-state index is -0.250. The van der Waals surface area contributed by atoms with Gasteiger partial charge in [0, 0.05) is 13.2 Å². The highest BCUT2D eigenvalue weighted by molar-refractivity contribution is 5.32. The van der Waals surface area contributed by atoms with Crippen molar-refractivity contribution in [2.24, 2.45) is 5.92 Å². The predicted octanol–water partition coefficient (Wildman–Crippen LogP) is 6.39. The molecular formula is C21H53NO3. The molecule has 0 bridgehead atoms. The largest absolute Gasteiger partial charge is 0.483 e. The van der Waals surface area contributed by atoms with E-state index in [0.29, 0.717) is 0 Å². The summed E-state index contributed by atoms with van der Waals surface area (Å²) in [6.45, 7) is 19.9. The Kier molecular flexibility index (Phi) is 116. The van der Waals surface area contributed by atoms with Gasteiger partial charge in [-0.05, 0) is 39.2 Å². The number of hydrogen-bond acceptors (Lipinski definition) is 3. The van der Waals surface area contributed by atoms with Gasteiger partial charge in [-0.25, -0.2) is 0 Å². The van der Waals surface area contributed by atoms with Crippen molar-refractivity contribution in [3.8, 4) is 0 Å². The second-order valence-electron chi connectivity index (χ2n) is 4.38. The Balaban J connectivity index is -0.0000000417. The van der Waals surface area contributed by atoms with Crippen LogP contribution in [0, 0.1) is 5.92 Å². The maximum atomic E-state index is 8.36. The molecule has 0 spiro atoms. The zero-order valence-corrected chi connectivity index (χ0v) is 18.4. The molecule has 25 heavy (non-hydrogen) atoms. The van der Waals surface area contributed by atoms with Crippen molar-refractivity contribution in [1.82, 2.24) is 5.32 Å². The van der Waals surface area contributed by atoms with Crippen LogP contribution in [0.5, 0.6) is 0 Å². The maximum Gasteiger partial charge on any atom is 0.290 e. The number of aliphatic hydroxyl groups is 1. The van der Waals surface area contributed by atoms with Crippen molar-refractivity contribution in [2.75, 3.05) is 14.2 Å². The maximum absolute atomic E-state index is 8.36. The number of carboxylic acid groups (broad SMARTS) is 1. The highest BCUT2D eigenvalue weighted by atomic mass is 16.3. The molecule has 4 heteroatoms. The minimum absolute atomic E-state index is 0. The average Bonchev–Trinajstić information content (AvgIpc) is 2.64. The van der Waals surface area contributed by atoms with Gasteiger partial charge in [-0.1, -0.05) is 74.8 Å². The summed E-state index contributed by atoms with van der Waals surface area (Å²) in [7, 11) is 3.08. The lowest BCUT2D eigenvalue weighted by Crippen LogP contribution is -2.25. The summed E-state index contributed by atoms with van der Waals surface area (Å²) < 4.78 is 0. The molecule has 160 valence electrons. The topological polar surface area (TPSA) is 69.6 Å². The SMILES string of the molecule is C.C=CC.CC.CC.CCCC(CCC(C)CC)NC.CO.O=CO. The van der Waals surface area contributed by atoms with Crippen LogP contribution >= 0.6 is 0 Å². The van der Waals surface area contributed by atoms with Crippen molar-refractivity contribution in [3.63, 3.8) is 0 Å². The number of rotatable bonds is 7. The van der Waals surface area contributed by atoms with Crippen LogP contribution < -0.4 is 5.32 Å². The molecule has 0 fully saturated rings. The Bertz CT molecular complexity index is 159. The van der Waals surface area contributed by atoms with Gasteiger partial charge in [0.25, 0.3) is 6.47 Å². The fourth-order valence-electron chi connectivity index (χ4n) is 1.47. The van der Waals surface area contributed by atoms with Gasteiger partial charge in [0.15, 0.2) is 0 Å². The highest BCUT2D eigenvalue weighted by Gasteiger charge is 2.06. The van der Waals surface area contributed by atoms with Crippen molar-refractivity contribution in [3.05, 3.63) is 12.7 Å². The summed E-state index contributed by atoms with van der Waals surface area (Å²) in [5.41, 5.74) is 0. The molecule has 0 aliphatic carbocycles. The molecule has 0 aliphatic rings.